The Bertz CT molecular complexity index is 291. The van der Waals surface area contributed by atoms with Gasteiger partial charge in [-0.05, 0) is 11.6 Å². The summed E-state index contributed by atoms with van der Waals surface area (Å²) in [6.45, 7) is -0.0678. The predicted molar refractivity (Wildman–Crippen MR) is 51.7 cm³/mol. The van der Waals surface area contributed by atoms with Gasteiger partial charge in [-0.25, -0.2) is 0 Å². The third kappa shape index (κ3) is 2.50. The van der Waals surface area contributed by atoms with Crippen molar-refractivity contribution in [3.8, 4) is 0 Å². The Morgan fingerprint density at radius 2 is 2.15 bits per heavy atom. The Balaban J connectivity index is 2.90. The smallest absolute Gasteiger partial charge is 0.120 e. The van der Waals surface area contributed by atoms with Crippen molar-refractivity contribution in [3.63, 3.8) is 0 Å². The van der Waals surface area contributed by atoms with E-state index in [1.807, 2.05) is 0 Å². The van der Waals surface area contributed by atoms with Crippen LogP contribution in [-0.2, 0) is 0 Å². The lowest BCUT2D eigenvalue weighted by atomic mass is 10.1. The molecule has 1 unspecified atom stereocenters. The minimum Gasteiger partial charge on any atom is -0.396 e. The molecule has 0 bridgehead atoms. The second-order valence-electron chi connectivity index (χ2n) is 2.66. The van der Waals surface area contributed by atoms with Gasteiger partial charge in [-0.1, -0.05) is 35.0 Å². The van der Waals surface area contributed by atoms with Gasteiger partial charge in [-0.3, -0.25) is 0 Å². The number of nitroso groups, excluding NO2 is 1. The van der Waals surface area contributed by atoms with Gasteiger partial charge in [0.25, 0.3) is 0 Å². The van der Waals surface area contributed by atoms with Crippen molar-refractivity contribution in [1.29, 1.82) is 0 Å². The molecular weight excluding hydrogens is 190 g/mol. The van der Waals surface area contributed by atoms with Gasteiger partial charge >= 0.3 is 0 Å². The number of rotatable bonds is 4. The molecule has 70 valence electrons. The molecule has 0 radical (unpaired) electrons. The number of nitrogens with zero attached hydrogens (tertiary/aromatic N) is 1. The molecule has 0 aliphatic rings. The van der Waals surface area contributed by atoms with Crippen LogP contribution in [0.5, 0.6) is 0 Å². The molecule has 4 heteroatoms. The van der Waals surface area contributed by atoms with Crippen LogP contribution in [0.25, 0.3) is 0 Å². The van der Waals surface area contributed by atoms with Gasteiger partial charge in [0.2, 0.25) is 0 Å². The van der Waals surface area contributed by atoms with Crippen molar-refractivity contribution in [1.82, 2.24) is 0 Å². The summed E-state index contributed by atoms with van der Waals surface area (Å²) in [4.78, 5) is 10.4. The van der Waals surface area contributed by atoms with Gasteiger partial charge in [-0.15, -0.1) is 0 Å². The fraction of sp³-hybridized carbons (Fsp3) is 0.333. The van der Waals surface area contributed by atoms with Crippen LogP contribution in [0.15, 0.2) is 29.4 Å². The molecule has 1 aromatic rings. The van der Waals surface area contributed by atoms with Gasteiger partial charge in [-0.2, -0.15) is 4.91 Å². The first-order chi connectivity index (χ1) is 6.29. The van der Waals surface area contributed by atoms with Crippen LogP contribution in [0.4, 0.5) is 0 Å². The minimum absolute atomic E-state index is 0.0678. The zero-order chi connectivity index (χ0) is 9.68. The summed E-state index contributed by atoms with van der Waals surface area (Å²) in [5.74, 6) is 0. The molecule has 0 fully saturated rings. The van der Waals surface area contributed by atoms with Crippen LogP contribution in [0, 0.1) is 4.91 Å². The molecule has 0 aliphatic heterocycles. The summed E-state index contributed by atoms with van der Waals surface area (Å²) in [6, 6.07) is 6.47. The first kappa shape index (κ1) is 10.2. The highest BCUT2D eigenvalue weighted by atomic mass is 35.5. The number of hydrogen-bond acceptors (Lipinski definition) is 3. The molecule has 1 rings (SSSR count). The average Bonchev–Trinajstić information content (AvgIpc) is 2.16. The molecule has 0 aromatic heterocycles. The molecule has 0 heterocycles. The SMILES string of the molecule is O=NC(CCO)c1ccccc1Cl. The highest BCUT2D eigenvalue weighted by molar-refractivity contribution is 6.31. The van der Waals surface area contributed by atoms with E-state index in [0.29, 0.717) is 17.0 Å². The quantitative estimate of drug-likeness (QED) is 0.758. The van der Waals surface area contributed by atoms with Gasteiger partial charge < -0.3 is 5.11 Å². The summed E-state index contributed by atoms with van der Waals surface area (Å²) in [6.07, 6.45) is 0.313. The van der Waals surface area contributed by atoms with E-state index in [9.17, 15) is 4.91 Å². The molecule has 0 saturated carbocycles. The Morgan fingerprint density at radius 1 is 1.46 bits per heavy atom. The van der Waals surface area contributed by atoms with Crippen molar-refractivity contribution >= 4 is 11.6 Å². The van der Waals surface area contributed by atoms with Gasteiger partial charge in [0.15, 0.2) is 0 Å². The fourth-order valence-electron chi connectivity index (χ4n) is 1.13. The maximum atomic E-state index is 10.4. The Kier molecular flexibility index (Phi) is 3.86. The van der Waals surface area contributed by atoms with Crippen molar-refractivity contribution in [2.24, 2.45) is 5.18 Å². The van der Waals surface area contributed by atoms with E-state index >= 15 is 0 Å². The standard InChI is InChI=1S/C9H10ClNO2/c10-8-4-2-1-3-7(8)9(11-13)5-6-12/h1-4,9,12H,5-6H2. The van der Waals surface area contributed by atoms with Crippen molar-refractivity contribution in [2.45, 2.75) is 12.5 Å². The van der Waals surface area contributed by atoms with Gasteiger partial charge in [0, 0.05) is 18.1 Å². The first-order valence-corrected chi connectivity index (χ1v) is 4.35. The Morgan fingerprint density at radius 3 is 2.69 bits per heavy atom. The summed E-state index contributed by atoms with van der Waals surface area (Å²) >= 11 is 5.85. The first-order valence-electron chi connectivity index (χ1n) is 3.97. The van der Waals surface area contributed by atoms with E-state index in [1.165, 1.54) is 0 Å². The maximum absolute atomic E-state index is 10.4. The third-order valence-corrected chi connectivity index (χ3v) is 2.14. The average molecular weight is 200 g/mol. The van der Waals surface area contributed by atoms with Crippen molar-refractivity contribution in [3.05, 3.63) is 39.8 Å². The Hall–Kier alpha value is -0.930. The molecule has 1 N–H and O–H groups in total. The number of aliphatic hydroxyl groups is 1. The zero-order valence-corrected chi connectivity index (χ0v) is 7.74. The molecular formula is C9H10ClNO2. The lowest BCUT2D eigenvalue weighted by Crippen LogP contribution is -1.98. The number of halogens is 1. The van der Waals surface area contributed by atoms with Crippen molar-refractivity contribution < 1.29 is 5.11 Å². The summed E-state index contributed by atoms with van der Waals surface area (Å²) < 4.78 is 0. The molecule has 0 spiro atoms. The second-order valence-corrected chi connectivity index (χ2v) is 3.06. The third-order valence-electron chi connectivity index (χ3n) is 1.79. The zero-order valence-electron chi connectivity index (χ0n) is 6.98. The highest BCUT2D eigenvalue weighted by Crippen LogP contribution is 2.27. The number of benzene rings is 1. The lowest BCUT2D eigenvalue weighted by molar-refractivity contribution is 0.276. The molecule has 13 heavy (non-hydrogen) atoms. The monoisotopic (exact) mass is 199 g/mol. The minimum atomic E-state index is -0.543. The molecule has 3 nitrogen and oxygen atoms in total. The van der Waals surface area contributed by atoms with Crippen molar-refractivity contribution in [2.75, 3.05) is 6.61 Å². The van der Waals surface area contributed by atoms with Crippen LogP contribution in [-0.4, -0.2) is 11.7 Å². The Labute approximate surface area is 81.3 Å². The van der Waals surface area contributed by atoms with Crippen LogP contribution in [0.2, 0.25) is 5.02 Å². The van der Waals surface area contributed by atoms with Crippen LogP contribution in [0.1, 0.15) is 18.0 Å². The van der Waals surface area contributed by atoms with Gasteiger partial charge in [0.1, 0.15) is 6.04 Å². The largest absolute Gasteiger partial charge is 0.396 e. The normalized spacial score (nSPS) is 12.5. The summed E-state index contributed by atoms with van der Waals surface area (Å²) in [7, 11) is 0. The van der Waals surface area contributed by atoms with E-state index in [2.05, 4.69) is 5.18 Å². The highest BCUT2D eigenvalue weighted by Gasteiger charge is 2.13. The molecule has 0 saturated heterocycles. The molecule has 1 aromatic carbocycles. The summed E-state index contributed by atoms with van der Waals surface area (Å²) in [5, 5.41) is 12.1. The van der Waals surface area contributed by atoms with Crippen LogP contribution in [0.3, 0.4) is 0 Å². The van der Waals surface area contributed by atoms with E-state index in [-0.39, 0.29) is 6.61 Å². The van der Waals surface area contributed by atoms with Crippen LogP contribution >= 0.6 is 11.6 Å². The summed E-state index contributed by atoms with van der Waals surface area (Å²) in [5.41, 5.74) is 0.674. The van der Waals surface area contributed by atoms with E-state index < -0.39 is 6.04 Å². The van der Waals surface area contributed by atoms with E-state index in [1.54, 1.807) is 24.3 Å². The second kappa shape index (κ2) is 4.94. The molecule has 0 amide bonds. The van der Waals surface area contributed by atoms with E-state index in [4.69, 9.17) is 16.7 Å². The topological polar surface area (TPSA) is 49.7 Å². The number of aliphatic hydroxyl groups excluding tert-OH is 1. The molecule has 0 aliphatic carbocycles. The molecule has 1 atom stereocenters. The van der Waals surface area contributed by atoms with Crippen LogP contribution < -0.4 is 0 Å². The fourth-order valence-corrected chi connectivity index (χ4v) is 1.39. The maximum Gasteiger partial charge on any atom is 0.120 e. The predicted octanol–water partition coefficient (Wildman–Crippen LogP) is 2.53. The van der Waals surface area contributed by atoms with Gasteiger partial charge in [0.05, 0.1) is 0 Å². The number of hydrogen-bond donors (Lipinski definition) is 1. The lowest BCUT2D eigenvalue weighted by Gasteiger charge is -2.08. The van der Waals surface area contributed by atoms with E-state index in [0.717, 1.165) is 0 Å².